The van der Waals surface area contributed by atoms with Crippen LogP contribution >= 0.6 is 0 Å². The van der Waals surface area contributed by atoms with Gasteiger partial charge in [0.2, 0.25) is 0 Å². The molecule has 0 N–H and O–H groups in total. The van der Waals surface area contributed by atoms with Crippen LogP contribution in [0.1, 0.15) is 22.8 Å². The molecule has 0 aliphatic heterocycles. The fourth-order valence-electron chi connectivity index (χ4n) is 3.10. The van der Waals surface area contributed by atoms with Gasteiger partial charge in [-0.3, -0.25) is 0 Å². The lowest BCUT2D eigenvalue weighted by molar-refractivity contribution is -0.0109. The van der Waals surface area contributed by atoms with Crippen LogP contribution in [0.25, 0.3) is 0 Å². The van der Waals surface area contributed by atoms with Crippen molar-refractivity contribution < 1.29 is 10.2 Å². The zero-order valence-corrected chi connectivity index (χ0v) is 12.8. The third-order valence-electron chi connectivity index (χ3n) is 4.36. The Morgan fingerprint density at radius 1 is 0.652 bits per heavy atom. The SMILES string of the molecule is [O]CC(c1ccccc1)(c1ccccc1)C([O])c1ccccc1. The molecule has 0 aromatic heterocycles. The fraction of sp³-hybridized carbons (Fsp3) is 0.143. The minimum atomic E-state index is -1.16. The van der Waals surface area contributed by atoms with Crippen molar-refractivity contribution in [2.45, 2.75) is 11.5 Å². The molecular weight excluding hydrogens is 284 g/mol. The van der Waals surface area contributed by atoms with Gasteiger partial charge in [-0.1, -0.05) is 91.0 Å². The van der Waals surface area contributed by atoms with Gasteiger partial charge in [0.05, 0.1) is 12.0 Å². The largest absolute Gasteiger partial charge is 0.235 e. The summed E-state index contributed by atoms with van der Waals surface area (Å²) in [6, 6.07) is 27.9. The molecule has 2 nitrogen and oxygen atoms in total. The minimum absolute atomic E-state index is 0.496. The maximum absolute atomic E-state index is 13.4. The molecule has 2 radical (unpaired) electrons. The highest BCUT2D eigenvalue weighted by molar-refractivity contribution is 5.43. The monoisotopic (exact) mass is 302 g/mol. The summed E-state index contributed by atoms with van der Waals surface area (Å²) in [4.78, 5) is 0. The van der Waals surface area contributed by atoms with Crippen LogP contribution in [0.5, 0.6) is 0 Å². The molecular formula is C21H18O2. The van der Waals surface area contributed by atoms with E-state index in [0.29, 0.717) is 5.56 Å². The molecule has 0 spiro atoms. The standard InChI is InChI=1S/C21H18O2/c22-16-21(18-12-6-2-7-13-18,19-14-8-3-9-15-19)20(23)17-10-4-1-5-11-17/h1-15,20H,16H2. The van der Waals surface area contributed by atoms with E-state index in [4.69, 9.17) is 0 Å². The smallest absolute Gasteiger partial charge is 0.134 e. The Bertz CT molecular complexity index is 684. The Balaban J connectivity index is 2.21. The van der Waals surface area contributed by atoms with E-state index in [0.717, 1.165) is 11.1 Å². The van der Waals surface area contributed by atoms with E-state index in [-0.39, 0.29) is 0 Å². The third kappa shape index (κ3) is 2.79. The van der Waals surface area contributed by atoms with Gasteiger partial charge in [0.15, 0.2) is 0 Å². The van der Waals surface area contributed by atoms with Crippen LogP contribution in [-0.4, -0.2) is 6.61 Å². The highest BCUT2D eigenvalue weighted by atomic mass is 16.3. The van der Waals surface area contributed by atoms with Crippen molar-refractivity contribution >= 4 is 0 Å². The number of hydrogen-bond donors (Lipinski definition) is 0. The lowest BCUT2D eigenvalue weighted by atomic mass is 9.69. The first-order chi connectivity index (χ1) is 11.3. The molecule has 0 saturated carbocycles. The zero-order chi connectivity index (χ0) is 16.1. The number of hydrogen-bond acceptors (Lipinski definition) is 0. The van der Waals surface area contributed by atoms with E-state index in [9.17, 15) is 10.2 Å². The third-order valence-corrected chi connectivity index (χ3v) is 4.36. The van der Waals surface area contributed by atoms with Gasteiger partial charge in [-0.25, -0.2) is 10.2 Å². The van der Waals surface area contributed by atoms with Crippen LogP contribution in [0.2, 0.25) is 0 Å². The Morgan fingerprint density at radius 2 is 1.04 bits per heavy atom. The Hall–Kier alpha value is -2.42. The highest BCUT2D eigenvalue weighted by Gasteiger charge is 2.43. The van der Waals surface area contributed by atoms with Gasteiger partial charge in [-0.2, -0.15) is 0 Å². The van der Waals surface area contributed by atoms with Crippen molar-refractivity contribution in [3.05, 3.63) is 108 Å². The lowest BCUT2D eigenvalue weighted by Crippen LogP contribution is -2.38. The summed E-state index contributed by atoms with van der Waals surface area (Å²) in [6.45, 7) is -0.496. The first-order valence-corrected chi connectivity index (χ1v) is 7.69. The average molecular weight is 302 g/mol. The second-order valence-corrected chi connectivity index (χ2v) is 5.64. The van der Waals surface area contributed by atoms with Gasteiger partial charge in [0, 0.05) is 0 Å². The quantitative estimate of drug-likeness (QED) is 0.662. The Labute approximate surface area is 136 Å². The van der Waals surface area contributed by atoms with Gasteiger partial charge >= 0.3 is 0 Å². The Morgan fingerprint density at radius 3 is 1.43 bits per heavy atom. The molecule has 114 valence electrons. The highest BCUT2D eigenvalue weighted by Crippen LogP contribution is 2.43. The van der Waals surface area contributed by atoms with Crippen molar-refractivity contribution in [1.29, 1.82) is 0 Å². The summed E-state index contributed by atoms with van der Waals surface area (Å²) in [5, 5.41) is 25.7. The summed E-state index contributed by atoms with van der Waals surface area (Å²) in [6.07, 6.45) is -1.16. The minimum Gasteiger partial charge on any atom is -0.235 e. The van der Waals surface area contributed by atoms with E-state index in [1.165, 1.54) is 0 Å². The van der Waals surface area contributed by atoms with Gasteiger partial charge in [0.25, 0.3) is 0 Å². The molecule has 0 heterocycles. The fourth-order valence-corrected chi connectivity index (χ4v) is 3.10. The Kier molecular flexibility index (Phi) is 4.56. The first-order valence-electron chi connectivity index (χ1n) is 7.69. The summed E-state index contributed by atoms with van der Waals surface area (Å²) in [7, 11) is 0. The molecule has 2 heteroatoms. The van der Waals surface area contributed by atoms with E-state index in [2.05, 4.69) is 0 Å². The summed E-state index contributed by atoms with van der Waals surface area (Å²) in [5.41, 5.74) is 1.05. The van der Waals surface area contributed by atoms with Crippen LogP contribution in [0, 0.1) is 0 Å². The van der Waals surface area contributed by atoms with Crippen LogP contribution < -0.4 is 0 Å². The maximum Gasteiger partial charge on any atom is 0.134 e. The van der Waals surface area contributed by atoms with Crippen molar-refractivity contribution in [1.82, 2.24) is 0 Å². The second-order valence-electron chi connectivity index (χ2n) is 5.64. The summed E-state index contributed by atoms with van der Waals surface area (Å²) >= 11 is 0. The molecule has 1 unspecified atom stereocenters. The van der Waals surface area contributed by atoms with E-state index in [1.54, 1.807) is 12.1 Å². The molecule has 3 aromatic rings. The molecule has 0 bridgehead atoms. The molecule has 0 aliphatic carbocycles. The lowest BCUT2D eigenvalue weighted by Gasteiger charge is -2.36. The maximum atomic E-state index is 13.4. The molecule has 0 amide bonds. The van der Waals surface area contributed by atoms with Crippen molar-refractivity contribution in [3.63, 3.8) is 0 Å². The first kappa shape index (κ1) is 15.5. The van der Waals surface area contributed by atoms with Crippen molar-refractivity contribution in [2.75, 3.05) is 6.61 Å². The number of rotatable bonds is 5. The van der Waals surface area contributed by atoms with E-state index >= 15 is 0 Å². The normalized spacial score (nSPS) is 12.8. The zero-order valence-electron chi connectivity index (χ0n) is 12.8. The summed E-state index contributed by atoms with van der Waals surface area (Å²) in [5.74, 6) is 0. The summed E-state index contributed by atoms with van der Waals surface area (Å²) < 4.78 is 0. The van der Waals surface area contributed by atoms with Gasteiger partial charge in [0.1, 0.15) is 6.10 Å². The molecule has 0 saturated heterocycles. The van der Waals surface area contributed by atoms with Crippen LogP contribution in [0.4, 0.5) is 0 Å². The van der Waals surface area contributed by atoms with Gasteiger partial charge in [-0.15, -0.1) is 0 Å². The molecule has 3 rings (SSSR count). The average Bonchev–Trinajstić information content (AvgIpc) is 2.65. The molecule has 0 aliphatic rings. The predicted octanol–water partition coefficient (Wildman–Crippen LogP) is 4.58. The van der Waals surface area contributed by atoms with Crippen LogP contribution in [0.15, 0.2) is 91.0 Å². The van der Waals surface area contributed by atoms with Gasteiger partial charge in [-0.05, 0) is 16.7 Å². The molecule has 0 fully saturated rings. The van der Waals surface area contributed by atoms with Gasteiger partial charge < -0.3 is 0 Å². The molecule has 3 aromatic carbocycles. The van der Waals surface area contributed by atoms with Crippen molar-refractivity contribution in [2.24, 2.45) is 0 Å². The van der Waals surface area contributed by atoms with E-state index in [1.807, 2.05) is 78.9 Å². The topological polar surface area (TPSA) is 39.8 Å². The molecule has 23 heavy (non-hydrogen) atoms. The van der Waals surface area contributed by atoms with Crippen LogP contribution in [-0.2, 0) is 15.6 Å². The second kappa shape index (κ2) is 6.78. The van der Waals surface area contributed by atoms with Crippen LogP contribution in [0.3, 0.4) is 0 Å². The van der Waals surface area contributed by atoms with E-state index < -0.39 is 18.1 Å². The molecule has 1 atom stereocenters. The van der Waals surface area contributed by atoms with Crippen molar-refractivity contribution in [3.8, 4) is 0 Å². The number of benzene rings is 3. The predicted molar refractivity (Wildman–Crippen MR) is 89.1 cm³/mol.